The first-order valence-corrected chi connectivity index (χ1v) is 10.7. The van der Waals surface area contributed by atoms with Crippen LogP contribution in [-0.4, -0.2) is 28.1 Å². The van der Waals surface area contributed by atoms with Crippen molar-refractivity contribution in [2.24, 2.45) is 0 Å². The van der Waals surface area contributed by atoms with E-state index >= 15 is 0 Å². The first-order chi connectivity index (χ1) is 15.4. The monoisotopic (exact) mass is 443 g/mol. The summed E-state index contributed by atoms with van der Waals surface area (Å²) < 4.78 is 14.8. The molecule has 0 atom stereocenters. The molecule has 0 saturated carbocycles. The molecule has 7 nitrogen and oxygen atoms in total. The summed E-state index contributed by atoms with van der Waals surface area (Å²) in [5, 5.41) is 11.8. The van der Waals surface area contributed by atoms with Gasteiger partial charge in [-0.1, -0.05) is 37.1 Å². The number of halogens is 1. The van der Waals surface area contributed by atoms with Crippen LogP contribution in [0.2, 0.25) is 0 Å². The maximum atomic E-state index is 13.0. The molecule has 0 aliphatic carbocycles. The third-order valence-electron chi connectivity index (χ3n) is 5.14. The fraction of sp³-hybridized carbons (Fsp3) is 0.375. The number of amides is 2. The van der Waals surface area contributed by atoms with Crippen LogP contribution in [0.4, 0.5) is 4.39 Å². The number of carbonyl (C=O) groups is 2. The van der Waals surface area contributed by atoms with Crippen molar-refractivity contribution in [1.82, 2.24) is 15.4 Å². The third kappa shape index (κ3) is 7.16. The number of carbonyl (C=O) groups excluding carboxylic acids is 2. The van der Waals surface area contributed by atoms with Crippen molar-refractivity contribution < 1.29 is 19.2 Å². The fourth-order valence-electron chi connectivity index (χ4n) is 3.32. The lowest BCUT2D eigenvalue weighted by atomic mass is 10.1. The van der Waals surface area contributed by atoms with Gasteiger partial charge in [-0.2, -0.15) is 0 Å². The average Bonchev–Trinajstić information content (AvgIpc) is 2.79. The second-order valence-corrected chi connectivity index (χ2v) is 7.54. The van der Waals surface area contributed by atoms with E-state index in [1.807, 2.05) is 23.6 Å². The molecule has 3 N–H and O–H groups in total. The molecule has 2 rings (SSSR count). The topological polar surface area (TPSA) is 100 Å². The minimum atomic E-state index is -0.477. The first kappa shape index (κ1) is 25.0. The van der Waals surface area contributed by atoms with Crippen LogP contribution in [0, 0.1) is 0 Å². The summed E-state index contributed by atoms with van der Waals surface area (Å²) >= 11 is 0. The van der Waals surface area contributed by atoms with Gasteiger partial charge in [0.25, 0.3) is 5.91 Å². The van der Waals surface area contributed by atoms with Crippen molar-refractivity contribution >= 4 is 22.7 Å². The van der Waals surface area contributed by atoms with Gasteiger partial charge in [-0.25, -0.2) is 9.87 Å². The largest absolute Gasteiger partial charge is 0.348 e. The van der Waals surface area contributed by atoms with E-state index < -0.39 is 11.8 Å². The van der Waals surface area contributed by atoms with Gasteiger partial charge in [0.2, 0.25) is 11.3 Å². The Morgan fingerprint density at radius 3 is 2.59 bits per heavy atom. The van der Waals surface area contributed by atoms with Gasteiger partial charge in [0, 0.05) is 31.1 Å². The molecule has 0 saturated heterocycles. The molecule has 1 aromatic carbocycles. The number of aromatic nitrogens is 1. The molecule has 2 amide bonds. The Morgan fingerprint density at radius 1 is 1.16 bits per heavy atom. The van der Waals surface area contributed by atoms with Gasteiger partial charge in [0.05, 0.1) is 11.3 Å². The van der Waals surface area contributed by atoms with Crippen molar-refractivity contribution in [1.29, 1.82) is 0 Å². The number of benzene rings is 1. The zero-order chi connectivity index (χ0) is 23.5. The van der Waals surface area contributed by atoms with E-state index in [-0.39, 0.29) is 29.8 Å². The minimum absolute atomic E-state index is 0.0519. The maximum Gasteiger partial charge on any atom is 0.257 e. The highest BCUT2D eigenvalue weighted by molar-refractivity contribution is 5.97. The molecule has 0 fully saturated rings. The Hall–Kier alpha value is -3.26. The van der Waals surface area contributed by atoms with Crippen LogP contribution < -0.4 is 16.2 Å². The normalized spacial score (nSPS) is 12.1. The highest BCUT2D eigenvalue weighted by atomic mass is 19.1. The van der Waals surface area contributed by atoms with Crippen LogP contribution in [0.3, 0.4) is 0 Å². The summed E-state index contributed by atoms with van der Waals surface area (Å²) in [6.07, 6.45) is 7.54. The predicted octanol–water partition coefficient (Wildman–Crippen LogP) is 4.01. The summed E-state index contributed by atoms with van der Waals surface area (Å²) in [5.41, 5.74) is 2.90. The van der Waals surface area contributed by atoms with Crippen LogP contribution >= 0.6 is 0 Å². The van der Waals surface area contributed by atoms with Crippen LogP contribution in [0.15, 0.2) is 58.8 Å². The molecular weight excluding hydrogens is 413 g/mol. The molecule has 1 heterocycles. The van der Waals surface area contributed by atoms with E-state index in [1.54, 1.807) is 29.9 Å². The third-order valence-corrected chi connectivity index (χ3v) is 5.14. The van der Waals surface area contributed by atoms with E-state index in [0.717, 1.165) is 23.9 Å². The van der Waals surface area contributed by atoms with Gasteiger partial charge >= 0.3 is 0 Å². The quantitative estimate of drug-likeness (QED) is 0.211. The number of hydrogen-bond acceptors (Lipinski definition) is 4. The van der Waals surface area contributed by atoms with Crippen molar-refractivity contribution in [3.05, 3.63) is 69.8 Å². The van der Waals surface area contributed by atoms with Crippen LogP contribution in [-0.2, 0) is 11.3 Å². The van der Waals surface area contributed by atoms with E-state index in [9.17, 15) is 18.8 Å². The Morgan fingerprint density at radius 2 is 1.91 bits per heavy atom. The predicted molar refractivity (Wildman–Crippen MR) is 122 cm³/mol. The Kier molecular flexibility index (Phi) is 9.81. The van der Waals surface area contributed by atoms with Crippen molar-refractivity contribution in [2.45, 2.75) is 52.5 Å². The van der Waals surface area contributed by atoms with Crippen molar-refractivity contribution in [3.8, 4) is 0 Å². The molecule has 172 valence electrons. The second-order valence-electron chi connectivity index (χ2n) is 7.54. The number of para-hydroxylation sites is 1. The molecule has 0 aliphatic heterocycles. The van der Waals surface area contributed by atoms with Crippen molar-refractivity contribution in [3.63, 3.8) is 0 Å². The number of hydroxylamine groups is 1. The molecule has 2 aromatic rings. The average molecular weight is 444 g/mol. The molecule has 0 unspecified atom stereocenters. The molecule has 0 bridgehead atoms. The Labute approximate surface area is 186 Å². The highest BCUT2D eigenvalue weighted by Gasteiger charge is 2.15. The number of allylic oxidation sites excluding steroid dienone is 3. The highest BCUT2D eigenvalue weighted by Crippen LogP contribution is 2.14. The van der Waals surface area contributed by atoms with E-state index in [2.05, 4.69) is 5.32 Å². The summed E-state index contributed by atoms with van der Waals surface area (Å²) in [6, 6.07) is 7.12. The minimum Gasteiger partial charge on any atom is -0.348 e. The van der Waals surface area contributed by atoms with Gasteiger partial charge in [0.1, 0.15) is 5.56 Å². The van der Waals surface area contributed by atoms with Crippen LogP contribution in [0.1, 0.15) is 56.3 Å². The van der Waals surface area contributed by atoms with Gasteiger partial charge in [-0.3, -0.25) is 19.6 Å². The van der Waals surface area contributed by atoms with Gasteiger partial charge < -0.3 is 9.88 Å². The molecule has 8 heteroatoms. The van der Waals surface area contributed by atoms with Crippen LogP contribution in [0.25, 0.3) is 10.9 Å². The van der Waals surface area contributed by atoms with Crippen molar-refractivity contribution in [2.75, 3.05) is 6.54 Å². The van der Waals surface area contributed by atoms with E-state index in [1.165, 1.54) is 13.0 Å². The molecule has 1 aromatic heterocycles. The SMILES string of the molecule is CCC(=CC=C(C)F)CNC(=O)c1cn(CCCCCC(=O)NO)c2ccccc2c1=O. The lowest BCUT2D eigenvalue weighted by Gasteiger charge is -2.14. The number of nitrogens with zero attached hydrogens (tertiary/aromatic N) is 1. The summed E-state index contributed by atoms with van der Waals surface area (Å²) in [4.78, 5) is 36.8. The van der Waals surface area contributed by atoms with Gasteiger partial charge in [0.15, 0.2) is 0 Å². The Balaban J connectivity index is 2.19. The molecule has 0 radical (unpaired) electrons. The number of rotatable bonds is 11. The number of hydrogen-bond donors (Lipinski definition) is 3. The van der Waals surface area contributed by atoms with E-state index in [0.29, 0.717) is 24.8 Å². The standard InChI is InChI=1S/C24H30FN3O4/c1-3-18(13-12-17(2)25)15-26-24(31)20-16-28(14-8-4-5-11-22(29)27-32)21-10-7-6-9-19(21)23(20)30/h6-7,9-10,12-13,16,32H,3-5,8,11,14-15H2,1-2H3,(H,26,31)(H,27,29). The van der Waals surface area contributed by atoms with E-state index in [4.69, 9.17) is 5.21 Å². The maximum absolute atomic E-state index is 13.0. The molecule has 32 heavy (non-hydrogen) atoms. The van der Waals surface area contributed by atoms with Gasteiger partial charge in [-0.05, 0) is 44.4 Å². The molecular formula is C24H30FN3O4. The number of fused-ring (bicyclic) bond motifs is 1. The second kappa shape index (κ2) is 12.6. The van der Waals surface area contributed by atoms with Gasteiger partial charge in [-0.15, -0.1) is 0 Å². The number of aryl methyl sites for hydroxylation is 1. The number of unbranched alkanes of at least 4 members (excludes halogenated alkanes) is 2. The smallest absolute Gasteiger partial charge is 0.257 e. The summed E-state index contributed by atoms with van der Waals surface area (Å²) in [6.45, 7) is 4.05. The van der Waals surface area contributed by atoms with Crippen LogP contribution in [0.5, 0.6) is 0 Å². The molecule has 0 spiro atoms. The first-order valence-electron chi connectivity index (χ1n) is 10.7. The zero-order valence-corrected chi connectivity index (χ0v) is 18.5. The fourth-order valence-corrected chi connectivity index (χ4v) is 3.32. The number of nitrogens with one attached hydrogen (secondary N) is 2. The summed E-state index contributed by atoms with van der Waals surface area (Å²) in [7, 11) is 0. The number of pyridine rings is 1. The lowest BCUT2D eigenvalue weighted by Crippen LogP contribution is -2.31. The Bertz CT molecular complexity index is 1070. The lowest BCUT2D eigenvalue weighted by molar-refractivity contribution is -0.129. The molecule has 0 aliphatic rings. The zero-order valence-electron chi connectivity index (χ0n) is 18.5. The summed E-state index contributed by atoms with van der Waals surface area (Å²) in [5.74, 6) is -1.22.